The molecule has 0 spiro atoms. The Bertz CT molecular complexity index is 864. The molecule has 0 unspecified atom stereocenters. The Morgan fingerprint density at radius 3 is 2.50 bits per heavy atom. The molecule has 3 rings (SSSR count). The van der Waals surface area contributed by atoms with E-state index in [4.69, 9.17) is 4.74 Å². The number of ether oxygens (including phenoxy) is 1. The molecule has 0 fully saturated rings. The van der Waals surface area contributed by atoms with Gasteiger partial charge in [0.2, 0.25) is 0 Å². The van der Waals surface area contributed by atoms with E-state index in [1.807, 2.05) is 56.3 Å². The first-order chi connectivity index (χ1) is 12.6. The highest BCUT2D eigenvalue weighted by molar-refractivity contribution is 6.00. The smallest absolute Gasteiger partial charge is 0.252 e. The Labute approximate surface area is 153 Å². The normalized spacial score (nSPS) is 11.6. The minimum atomic E-state index is -0.149. The lowest BCUT2D eigenvalue weighted by atomic mass is 10.0. The van der Waals surface area contributed by atoms with Crippen LogP contribution in [0.15, 0.2) is 67.3 Å². The van der Waals surface area contributed by atoms with Crippen molar-refractivity contribution in [1.29, 1.82) is 0 Å². The third-order valence-corrected chi connectivity index (χ3v) is 3.94. The molecule has 2 aromatic carbocycles. The van der Waals surface area contributed by atoms with Crippen molar-refractivity contribution in [2.75, 3.05) is 6.61 Å². The molecule has 1 aromatic heterocycles. The molecule has 3 aromatic rings. The molecule has 132 valence electrons. The van der Waals surface area contributed by atoms with E-state index in [1.54, 1.807) is 18.5 Å². The molecule has 0 radical (unpaired) electrons. The topological polar surface area (TPSA) is 64.1 Å². The van der Waals surface area contributed by atoms with E-state index in [2.05, 4.69) is 15.3 Å². The number of hydrogen-bond donors (Lipinski definition) is 1. The van der Waals surface area contributed by atoms with Gasteiger partial charge in [0.25, 0.3) is 5.91 Å². The molecule has 1 atom stereocenters. The number of aryl methyl sites for hydroxylation is 1. The second-order valence-corrected chi connectivity index (χ2v) is 6.17. The lowest BCUT2D eigenvalue weighted by molar-refractivity contribution is 0.0927. The number of hydrogen-bond acceptors (Lipinski definition) is 4. The average molecular weight is 347 g/mol. The van der Waals surface area contributed by atoms with Crippen molar-refractivity contribution >= 4 is 5.91 Å². The van der Waals surface area contributed by atoms with E-state index in [-0.39, 0.29) is 11.9 Å². The van der Waals surface area contributed by atoms with Gasteiger partial charge in [0.05, 0.1) is 6.04 Å². The number of carbonyl (C=O) groups is 1. The van der Waals surface area contributed by atoms with Crippen LogP contribution in [0.5, 0.6) is 5.75 Å². The van der Waals surface area contributed by atoms with Crippen LogP contribution < -0.4 is 10.1 Å². The molecule has 1 amide bonds. The molecular weight excluding hydrogens is 326 g/mol. The summed E-state index contributed by atoms with van der Waals surface area (Å²) in [4.78, 5) is 20.8. The van der Waals surface area contributed by atoms with Gasteiger partial charge in [0.1, 0.15) is 18.7 Å². The zero-order chi connectivity index (χ0) is 18.4. The van der Waals surface area contributed by atoms with Crippen LogP contribution in [0.4, 0.5) is 0 Å². The van der Waals surface area contributed by atoms with Gasteiger partial charge >= 0.3 is 0 Å². The highest BCUT2D eigenvalue weighted by Crippen LogP contribution is 2.22. The minimum Gasteiger partial charge on any atom is -0.491 e. The minimum absolute atomic E-state index is 0.135. The number of rotatable bonds is 6. The predicted molar refractivity (Wildman–Crippen MR) is 101 cm³/mol. The van der Waals surface area contributed by atoms with Crippen LogP contribution in [0.1, 0.15) is 22.8 Å². The van der Waals surface area contributed by atoms with Crippen LogP contribution in [0.3, 0.4) is 0 Å². The summed E-state index contributed by atoms with van der Waals surface area (Å²) in [5.74, 6) is 0.642. The summed E-state index contributed by atoms with van der Waals surface area (Å²) in [7, 11) is 0. The summed E-state index contributed by atoms with van der Waals surface area (Å²) in [6.45, 7) is 4.34. The van der Waals surface area contributed by atoms with Gasteiger partial charge in [-0.25, -0.2) is 9.97 Å². The first-order valence-electron chi connectivity index (χ1n) is 8.48. The fourth-order valence-corrected chi connectivity index (χ4v) is 2.57. The highest BCUT2D eigenvalue weighted by Gasteiger charge is 2.15. The molecule has 1 heterocycles. The Morgan fingerprint density at radius 1 is 1.08 bits per heavy atom. The largest absolute Gasteiger partial charge is 0.491 e. The first kappa shape index (κ1) is 17.6. The molecule has 0 aliphatic rings. The summed E-state index contributed by atoms with van der Waals surface area (Å²) in [6, 6.07) is 15.1. The number of benzene rings is 2. The number of amides is 1. The number of carbonyl (C=O) groups excluding carboxylic acids is 1. The predicted octanol–water partition coefficient (Wildman–Crippen LogP) is 3.65. The standard InChI is InChI=1S/C21H21N3O2/c1-15-7-9-18(10-8-15)26-13-16(2)24-21(25)20-6-4-3-5-19(20)17-11-22-14-23-12-17/h3-12,14,16H,13H2,1-2H3,(H,24,25)/t16-/m0/s1. The molecule has 0 saturated carbocycles. The van der Waals surface area contributed by atoms with E-state index >= 15 is 0 Å². The third kappa shape index (κ3) is 4.45. The van der Waals surface area contributed by atoms with E-state index < -0.39 is 0 Å². The number of nitrogens with one attached hydrogen (secondary N) is 1. The van der Waals surface area contributed by atoms with Crippen LogP contribution in [0.25, 0.3) is 11.1 Å². The summed E-state index contributed by atoms with van der Waals surface area (Å²) in [6.07, 6.45) is 4.86. The summed E-state index contributed by atoms with van der Waals surface area (Å²) in [5.41, 5.74) is 3.38. The highest BCUT2D eigenvalue weighted by atomic mass is 16.5. The van der Waals surface area contributed by atoms with Gasteiger partial charge in [0.15, 0.2) is 0 Å². The maximum absolute atomic E-state index is 12.7. The Morgan fingerprint density at radius 2 is 1.77 bits per heavy atom. The average Bonchev–Trinajstić information content (AvgIpc) is 2.68. The third-order valence-electron chi connectivity index (χ3n) is 3.94. The molecule has 26 heavy (non-hydrogen) atoms. The van der Waals surface area contributed by atoms with Gasteiger partial charge in [0, 0.05) is 23.5 Å². The Kier molecular flexibility index (Phi) is 5.59. The monoisotopic (exact) mass is 347 g/mol. The lowest BCUT2D eigenvalue weighted by Gasteiger charge is -2.16. The van der Waals surface area contributed by atoms with Gasteiger partial charge in [-0.2, -0.15) is 0 Å². The van der Waals surface area contributed by atoms with Crippen LogP contribution in [-0.2, 0) is 0 Å². The van der Waals surface area contributed by atoms with Crippen molar-refractivity contribution in [2.45, 2.75) is 19.9 Å². The van der Waals surface area contributed by atoms with Crippen molar-refractivity contribution < 1.29 is 9.53 Å². The van der Waals surface area contributed by atoms with E-state index in [9.17, 15) is 4.79 Å². The number of aromatic nitrogens is 2. The van der Waals surface area contributed by atoms with Gasteiger partial charge < -0.3 is 10.1 Å². The van der Waals surface area contributed by atoms with Crippen LogP contribution in [-0.4, -0.2) is 28.5 Å². The molecule has 5 nitrogen and oxygen atoms in total. The zero-order valence-corrected chi connectivity index (χ0v) is 14.8. The molecular formula is C21H21N3O2. The lowest BCUT2D eigenvalue weighted by Crippen LogP contribution is -2.37. The van der Waals surface area contributed by atoms with Crippen LogP contribution in [0, 0.1) is 6.92 Å². The summed E-state index contributed by atoms with van der Waals surface area (Å²) >= 11 is 0. The van der Waals surface area contributed by atoms with E-state index in [1.165, 1.54) is 11.9 Å². The molecule has 0 saturated heterocycles. The maximum Gasteiger partial charge on any atom is 0.252 e. The van der Waals surface area contributed by atoms with Gasteiger partial charge in [-0.05, 0) is 37.6 Å². The van der Waals surface area contributed by atoms with Crippen molar-refractivity contribution in [3.05, 3.63) is 78.4 Å². The van der Waals surface area contributed by atoms with Crippen LogP contribution in [0.2, 0.25) is 0 Å². The zero-order valence-electron chi connectivity index (χ0n) is 14.8. The van der Waals surface area contributed by atoms with Gasteiger partial charge in [-0.1, -0.05) is 35.9 Å². The van der Waals surface area contributed by atoms with Crippen molar-refractivity contribution in [3.63, 3.8) is 0 Å². The molecule has 0 aliphatic carbocycles. The fraction of sp³-hybridized carbons (Fsp3) is 0.190. The SMILES string of the molecule is Cc1ccc(OC[C@H](C)NC(=O)c2ccccc2-c2cncnc2)cc1. The van der Waals surface area contributed by atoms with Gasteiger partial charge in [-0.3, -0.25) is 4.79 Å². The van der Waals surface area contributed by atoms with E-state index in [0.29, 0.717) is 12.2 Å². The van der Waals surface area contributed by atoms with Crippen molar-refractivity contribution in [1.82, 2.24) is 15.3 Å². The van der Waals surface area contributed by atoms with E-state index in [0.717, 1.165) is 16.9 Å². The van der Waals surface area contributed by atoms with Gasteiger partial charge in [-0.15, -0.1) is 0 Å². The summed E-state index contributed by atoms with van der Waals surface area (Å²) in [5, 5.41) is 2.98. The fourth-order valence-electron chi connectivity index (χ4n) is 2.57. The molecule has 1 N–H and O–H groups in total. The second kappa shape index (κ2) is 8.25. The quantitative estimate of drug-likeness (QED) is 0.739. The number of nitrogens with zero attached hydrogens (tertiary/aromatic N) is 2. The maximum atomic E-state index is 12.7. The van der Waals surface area contributed by atoms with Crippen molar-refractivity contribution in [3.8, 4) is 16.9 Å². The first-order valence-corrected chi connectivity index (χ1v) is 8.48. The summed E-state index contributed by atoms with van der Waals surface area (Å²) < 4.78 is 5.74. The Balaban J connectivity index is 1.65. The second-order valence-electron chi connectivity index (χ2n) is 6.17. The molecule has 0 aliphatic heterocycles. The molecule has 0 bridgehead atoms. The van der Waals surface area contributed by atoms with Crippen LogP contribution >= 0.6 is 0 Å². The Hall–Kier alpha value is -3.21. The van der Waals surface area contributed by atoms with Crippen molar-refractivity contribution in [2.24, 2.45) is 0 Å². The molecule has 5 heteroatoms.